The Bertz CT molecular complexity index is 486. The first-order valence-corrected chi connectivity index (χ1v) is 7.70. The third-order valence-corrected chi connectivity index (χ3v) is 5.17. The lowest BCUT2D eigenvalue weighted by molar-refractivity contribution is -0.158. The van der Waals surface area contributed by atoms with E-state index in [1.54, 1.807) is 6.08 Å². The number of carbonyl (C=O) groups is 2. The summed E-state index contributed by atoms with van der Waals surface area (Å²) in [5.41, 5.74) is 0.296. The predicted octanol–water partition coefficient (Wildman–Crippen LogP) is 2.64. The summed E-state index contributed by atoms with van der Waals surface area (Å²) in [6.45, 7) is 9.41. The minimum Gasteiger partial charge on any atom is -0.462 e. The fourth-order valence-corrected chi connectivity index (χ4v) is 3.58. The normalized spacial score (nSPS) is 36.8. The highest BCUT2D eigenvalue weighted by atomic mass is 16.5. The molecule has 1 spiro atoms. The number of carbonyl (C=O) groups excluding carboxylic acids is 2. The van der Waals surface area contributed by atoms with Gasteiger partial charge in [0.2, 0.25) is 0 Å². The van der Waals surface area contributed by atoms with Crippen molar-refractivity contribution in [1.29, 1.82) is 0 Å². The summed E-state index contributed by atoms with van der Waals surface area (Å²) < 4.78 is 5.63. The predicted molar refractivity (Wildman–Crippen MR) is 79.6 cm³/mol. The highest BCUT2D eigenvalue weighted by Gasteiger charge is 2.51. The van der Waals surface area contributed by atoms with Crippen molar-refractivity contribution in [2.75, 3.05) is 0 Å². The van der Waals surface area contributed by atoms with Gasteiger partial charge in [0, 0.05) is 5.41 Å². The molecule has 21 heavy (non-hydrogen) atoms. The van der Waals surface area contributed by atoms with Gasteiger partial charge in [-0.3, -0.25) is 9.59 Å². The van der Waals surface area contributed by atoms with E-state index in [1.165, 1.54) is 0 Å². The molecule has 4 nitrogen and oxygen atoms in total. The first-order chi connectivity index (χ1) is 9.58. The van der Waals surface area contributed by atoms with Crippen LogP contribution in [0.5, 0.6) is 0 Å². The van der Waals surface area contributed by atoms with E-state index in [2.05, 4.69) is 0 Å². The quantitative estimate of drug-likeness (QED) is 0.755. The SMILES string of the molecule is CC1=CC(=O)[C@@H](O)[C@H](C)[C@]12CC[C@@H](OC(=O)C(C)(C)C)C2. The zero-order chi connectivity index (χ0) is 16.0. The van der Waals surface area contributed by atoms with Crippen molar-refractivity contribution in [3.63, 3.8) is 0 Å². The van der Waals surface area contributed by atoms with Crippen LogP contribution in [0.2, 0.25) is 0 Å². The number of allylic oxidation sites excluding steroid dienone is 1. The first kappa shape index (κ1) is 16.2. The van der Waals surface area contributed by atoms with E-state index in [0.717, 1.165) is 18.4 Å². The van der Waals surface area contributed by atoms with Gasteiger partial charge in [-0.15, -0.1) is 0 Å². The molecule has 0 aliphatic heterocycles. The number of hydrogen-bond acceptors (Lipinski definition) is 4. The molecule has 4 heteroatoms. The number of rotatable bonds is 1. The lowest BCUT2D eigenvalue weighted by Gasteiger charge is -2.41. The average Bonchev–Trinajstić information content (AvgIpc) is 2.79. The Kier molecular flexibility index (Phi) is 4.04. The van der Waals surface area contributed by atoms with E-state index in [9.17, 15) is 14.7 Å². The van der Waals surface area contributed by atoms with Crippen molar-refractivity contribution in [3.05, 3.63) is 11.6 Å². The highest BCUT2D eigenvalue weighted by molar-refractivity contribution is 5.95. The van der Waals surface area contributed by atoms with Crippen LogP contribution in [0.25, 0.3) is 0 Å². The van der Waals surface area contributed by atoms with Crippen LogP contribution in [0.3, 0.4) is 0 Å². The van der Waals surface area contributed by atoms with Crippen LogP contribution in [-0.2, 0) is 14.3 Å². The van der Waals surface area contributed by atoms with E-state index in [-0.39, 0.29) is 29.2 Å². The van der Waals surface area contributed by atoms with Gasteiger partial charge in [0.1, 0.15) is 12.2 Å². The Labute approximate surface area is 126 Å². The zero-order valence-electron chi connectivity index (χ0n) is 13.6. The molecule has 2 rings (SSSR count). The van der Waals surface area contributed by atoms with E-state index < -0.39 is 11.5 Å². The summed E-state index contributed by atoms with van der Waals surface area (Å²) >= 11 is 0. The van der Waals surface area contributed by atoms with Gasteiger partial charge in [0.15, 0.2) is 5.78 Å². The largest absolute Gasteiger partial charge is 0.462 e. The number of aliphatic hydroxyl groups is 1. The van der Waals surface area contributed by atoms with Crippen LogP contribution in [0.1, 0.15) is 53.9 Å². The second-order valence-corrected chi connectivity index (χ2v) is 7.64. The molecule has 0 unspecified atom stereocenters. The molecular formula is C17H26O4. The maximum absolute atomic E-state index is 12.0. The first-order valence-electron chi connectivity index (χ1n) is 7.70. The average molecular weight is 294 g/mol. The molecule has 0 bridgehead atoms. The van der Waals surface area contributed by atoms with Crippen LogP contribution in [0.15, 0.2) is 11.6 Å². The minimum atomic E-state index is -0.939. The summed E-state index contributed by atoms with van der Waals surface area (Å²) in [5.74, 6) is -0.527. The van der Waals surface area contributed by atoms with Crippen molar-refractivity contribution in [2.24, 2.45) is 16.7 Å². The Morgan fingerprint density at radius 3 is 2.62 bits per heavy atom. The monoisotopic (exact) mass is 294 g/mol. The third kappa shape index (κ3) is 2.78. The zero-order valence-corrected chi connectivity index (χ0v) is 13.6. The standard InChI is InChI=1S/C17H26O4/c1-10-8-13(18)14(19)11(2)17(10)7-6-12(9-17)21-15(20)16(3,4)5/h8,11-12,14,19H,6-7,9H2,1-5H3/t11-,12+,14-,17-/m0/s1. The fourth-order valence-electron chi connectivity index (χ4n) is 3.58. The lowest BCUT2D eigenvalue weighted by atomic mass is 9.63. The molecule has 1 N–H and O–H groups in total. The lowest BCUT2D eigenvalue weighted by Crippen LogP contribution is -2.44. The van der Waals surface area contributed by atoms with Crippen molar-refractivity contribution in [2.45, 2.75) is 66.1 Å². The van der Waals surface area contributed by atoms with Gasteiger partial charge in [0.25, 0.3) is 0 Å². The van der Waals surface area contributed by atoms with Crippen LogP contribution >= 0.6 is 0 Å². The molecule has 0 aromatic heterocycles. The molecule has 2 aliphatic carbocycles. The number of ether oxygens (including phenoxy) is 1. The van der Waals surface area contributed by atoms with Crippen LogP contribution < -0.4 is 0 Å². The summed E-state index contributed by atoms with van der Waals surface area (Å²) in [6, 6.07) is 0. The smallest absolute Gasteiger partial charge is 0.311 e. The van der Waals surface area contributed by atoms with Gasteiger partial charge in [-0.25, -0.2) is 0 Å². The van der Waals surface area contributed by atoms with Gasteiger partial charge >= 0.3 is 5.97 Å². The molecule has 4 atom stereocenters. The third-order valence-electron chi connectivity index (χ3n) is 5.17. The molecule has 118 valence electrons. The topological polar surface area (TPSA) is 63.6 Å². The number of aliphatic hydroxyl groups excluding tert-OH is 1. The summed E-state index contributed by atoms with van der Waals surface area (Å²) in [4.78, 5) is 23.8. The molecule has 0 radical (unpaired) electrons. The summed E-state index contributed by atoms with van der Waals surface area (Å²) in [7, 11) is 0. The fraction of sp³-hybridized carbons (Fsp3) is 0.765. The Hall–Kier alpha value is -1.16. The van der Waals surface area contributed by atoms with E-state index in [0.29, 0.717) is 6.42 Å². The minimum absolute atomic E-state index is 0.122. The Morgan fingerprint density at radius 2 is 2.05 bits per heavy atom. The van der Waals surface area contributed by atoms with Gasteiger partial charge in [-0.2, -0.15) is 0 Å². The van der Waals surface area contributed by atoms with E-state index in [1.807, 2.05) is 34.6 Å². The van der Waals surface area contributed by atoms with Gasteiger partial charge in [-0.1, -0.05) is 12.5 Å². The number of esters is 1. The maximum atomic E-state index is 12.0. The van der Waals surface area contributed by atoms with Crippen molar-refractivity contribution in [3.8, 4) is 0 Å². The molecule has 2 aliphatic rings. The Balaban J connectivity index is 2.15. The molecule has 0 amide bonds. The maximum Gasteiger partial charge on any atom is 0.311 e. The van der Waals surface area contributed by atoms with Gasteiger partial charge < -0.3 is 9.84 Å². The van der Waals surface area contributed by atoms with Crippen molar-refractivity contribution in [1.82, 2.24) is 0 Å². The molecule has 0 aromatic carbocycles. The number of ketones is 1. The van der Waals surface area contributed by atoms with E-state index in [4.69, 9.17) is 4.74 Å². The molecule has 1 saturated carbocycles. The molecule has 0 aromatic rings. The second kappa shape index (κ2) is 5.24. The van der Waals surface area contributed by atoms with Gasteiger partial charge in [-0.05, 0) is 59.0 Å². The highest BCUT2D eigenvalue weighted by Crippen LogP contribution is 2.53. The van der Waals surface area contributed by atoms with Crippen molar-refractivity contribution < 1.29 is 19.4 Å². The van der Waals surface area contributed by atoms with Crippen LogP contribution in [0.4, 0.5) is 0 Å². The van der Waals surface area contributed by atoms with Crippen LogP contribution in [0, 0.1) is 16.7 Å². The summed E-state index contributed by atoms with van der Waals surface area (Å²) in [5, 5.41) is 10.1. The van der Waals surface area contributed by atoms with Crippen molar-refractivity contribution >= 4 is 11.8 Å². The molecule has 0 heterocycles. The molecular weight excluding hydrogens is 268 g/mol. The molecule has 0 saturated heterocycles. The molecule has 1 fully saturated rings. The Morgan fingerprint density at radius 1 is 1.43 bits per heavy atom. The summed E-state index contributed by atoms with van der Waals surface area (Å²) in [6.07, 6.45) is 2.84. The number of hydrogen-bond donors (Lipinski definition) is 1. The second-order valence-electron chi connectivity index (χ2n) is 7.64. The van der Waals surface area contributed by atoms with E-state index >= 15 is 0 Å². The van der Waals surface area contributed by atoms with Gasteiger partial charge in [0.05, 0.1) is 5.41 Å². The van der Waals surface area contributed by atoms with Crippen LogP contribution in [-0.4, -0.2) is 29.1 Å².